The zero-order valence-electron chi connectivity index (χ0n) is 11.0. The van der Waals surface area contributed by atoms with Gasteiger partial charge < -0.3 is 20.5 Å². The van der Waals surface area contributed by atoms with Crippen molar-refractivity contribution in [2.45, 2.75) is 12.8 Å². The summed E-state index contributed by atoms with van der Waals surface area (Å²) in [5, 5.41) is 8.84. The molecule has 0 fully saturated rings. The number of carboxylic acid groups (broad SMARTS) is 1. The Morgan fingerprint density at radius 2 is 2.11 bits per heavy atom. The van der Waals surface area contributed by atoms with E-state index in [0.29, 0.717) is 25.1 Å². The van der Waals surface area contributed by atoms with Crippen molar-refractivity contribution in [2.24, 2.45) is 0 Å². The molecule has 0 bridgehead atoms. The molecule has 6 nitrogen and oxygen atoms in total. The quantitative estimate of drug-likeness (QED) is 0.599. The van der Waals surface area contributed by atoms with Crippen LogP contribution in [0.1, 0.15) is 23.2 Å². The Balaban J connectivity index is 2.79. The molecule has 1 rings (SSSR count). The summed E-state index contributed by atoms with van der Waals surface area (Å²) < 4.78 is 4.88. The van der Waals surface area contributed by atoms with Crippen LogP contribution < -0.4 is 10.6 Å². The van der Waals surface area contributed by atoms with Crippen LogP contribution in [0, 0.1) is 0 Å². The van der Waals surface area contributed by atoms with Crippen LogP contribution in [0.5, 0.6) is 0 Å². The zero-order chi connectivity index (χ0) is 14.4. The van der Waals surface area contributed by atoms with Crippen LogP contribution in [0.25, 0.3) is 0 Å². The van der Waals surface area contributed by atoms with E-state index in [0.717, 1.165) is 0 Å². The second-order valence-electron chi connectivity index (χ2n) is 4.13. The lowest BCUT2D eigenvalue weighted by molar-refractivity contribution is -0.118. The minimum atomic E-state index is -1.05. The third-order valence-corrected chi connectivity index (χ3v) is 2.75. The van der Waals surface area contributed by atoms with Crippen molar-refractivity contribution in [2.75, 3.05) is 31.4 Å². The van der Waals surface area contributed by atoms with Gasteiger partial charge in [-0.3, -0.25) is 4.79 Å². The number of ether oxygens (including phenoxy) is 1. The molecule has 19 heavy (non-hydrogen) atoms. The first kappa shape index (κ1) is 15.0. The highest BCUT2D eigenvalue weighted by Crippen LogP contribution is 2.24. The molecule has 0 atom stereocenters. The lowest BCUT2D eigenvalue weighted by Crippen LogP contribution is -2.27. The number of nitrogens with two attached hydrogens (primary N) is 1. The number of carboxylic acids is 1. The van der Waals surface area contributed by atoms with Gasteiger partial charge in [0.05, 0.1) is 16.9 Å². The van der Waals surface area contributed by atoms with Crippen molar-refractivity contribution in [3.63, 3.8) is 0 Å². The molecular weight excluding hydrogens is 248 g/mol. The van der Waals surface area contributed by atoms with E-state index in [1.807, 2.05) is 0 Å². The van der Waals surface area contributed by atoms with Crippen molar-refractivity contribution in [3.8, 4) is 0 Å². The topological polar surface area (TPSA) is 92.9 Å². The lowest BCUT2D eigenvalue weighted by atomic mass is 10.1. The van der Waals surface area contributed by atoms with Crippen LogP contribution in [0.2, 0.25) is 0 Å². The number of nitrogen functional groups attached to an aromatic ring is 1. The average Bonchev–Trinajstić information content (AvgIpc) is 2.37. The van der Waals surface area contributed by atoms with Gasteiger partial charge in [0.2, 0.25) is 5.91 Å². The third kappa shape index (κ3) is 3.96. The maximum atomic E-state index is 11.9. The molecule has 1 aromatic carbocycles. The molecule has 104 valence electrons. The molecule has 0 aromatic heterocycles. The molecule has 0 spiro atoms. The highest BCUT2D eigenvalue weighted by molar-refractivity contribution is 5.97. The Kier molecular flexibility index (Phi) is 5.32. The molecule has 0 saturated carbocycles. The SMILES string of the molecule is COCCCC(=O)N(C)c1ccc(C(=O)O)cc1N. The van der Waals surface area contributed by atoms with Crippen molar-refractivity contribution in [3.05, 3.63) is 23.8 Å². The lowest BCUT2D eigenvalue weighted by Gasteiger charge is -2.19. The van der Waals surface area contributed by atoms with Crippen LogP contribution in [0.4, 0.5) is 11.4 Å². The first-order chi connectivity index (χ1) is 8.97. The molecule has 0 unspecified atom stereocenters. The fraction of sp³-hybridized carbons (Fsp3) is 0.385. The summed E-state index contributed by atoms with van der Waals surface area (Å²) in [6.07, 6.45) is 0.983. The third-order valence-electron chi connectivity index (χ3n) is 2.75. The minimum Gasteiger partial charge on any atom is -0.478 e. The number of aromatic carboxylic acids is 1. The Bertz CT molecular complexity index is 474. The van der Waals surface area contributed by atoms with Gasteiger partial charge in [0.15, 0.2) is 0 Å². The molecule has 0 radical (unpaired) electrons. The van der Waals surface area contributed by atoms with Gasteiger partial charge in [-0.25, -0.2) is 4.79 Å². The number of methoxy groups -OCH3 is 1. The number of rotatable bonds is 6. The maximum Gasteiger partial charge on any atom is 0.335 e. The standard InChI is InChI=1S/C13H18N2O4/c1-15(12(16)4-3-7-19-2)11-6-5-9(13(17)18)8-10(11)14/h5-6,8H,3-4,7,14H2,1-2H3,(H,17,18). The second-order valence-corrected chi connectivity index (χ2v) is 4.13. The van der Waals surface area contributed by atoms with Crippen molar-refractivity contribution in [1.29, 1.82) is 0 Å². The number of anilines is 2. The summed E-state index contributed by atoms with van der Waals surface area (Å²) in [6, 6.07) is 4.30. The second kappa shape index (κ2) is 6.75. The van der Waals surface area contributed by atoms with Crippen LogP contribution in [-0.2, 0) is 9.53 Å². The van der Waals surface area contributed by atoms with Gasteiger partial charge in [0, 0.05) is 27.2 Å². The molecule has 6 heteroatoms. The summed E-state index contributed by atoms with van der Waals surface area (Å²) in [5.74, 6) is -1.14. The molecule has 0 aliphatic heterocycles. The molecule has 0 aliphatic rings. The molecule has 0 aliphatic carbocycles. The van der Waals surface area contributed by atoms with E-state index in [1.54, 1.807) is 14.2 Å². The predicted molar refractivity (Wildman–Crippen MR) is 72.3 cm³/mol. The number of hydrogen-bond acceptors (Lipinski definition) is 4. The summed E-state index contributed by atoms with van der Waals surface area (Å²) >= 11 is 0. The molecular formula is C13H18N2O4. The predicted octanol–water partition coefficient (Wildman–Crippen LogP) is 1.36. The molecule has 0 saturated heterocycles. The number of carbonyl (C=O) groups excluding carboxylic acids is 1. The van der Waals surface area contributed by atoms with Gasteiger partial charge in [-0.1, -0.05) is 0 Å². The monoisotopic (exact) mass is 266 g/mol. The van der Waals surface area contributed by atoms with Crippen molar-refractivity contribution in [1.82, 2.24) is 0 Å². The number of nitrogens with zero attached hydrogens (tertiary/aromatic N) is 1. The van der Waals surface area contributed by atoms with E-state index in [-0.39, 0.29) is 17.2 Å². The number of amides is 1. The van der Waals surface area contributed by atoms with Crippen molar-refractivity contribution >= 4 is 23.3 Å². The van der Waals surface area contributed by atoms with E-state index in [2.05, 4.69) is 0 Å². The van der Waals surface area contributed by atoms with Crippen LogP contribution >= 0.6 is 0 Å². The summed E-state index contributed by atoms with van der Waals surface area (Å²) in [4.78, 5) is 24.1. The molecule has 3 N–H and O–H groups in total. The summed E-state index contributed by atoms with van der Waals surface area (Å²) in [5.41, 5.74) is 6.64. The van der Waals surface area contributed by atoms with Gasteiger partial charge in [0.1, 0.15) is 0 Å². The van der Waals surface area contributed by atoms with Crippen LogP contribution in [0.15, 0.2) is 18.2 Å². The van der Waals surface area contributed by atoms with Crippen LogP contribution in [-0.4, -0.2) is 37.7 Å². The van der Waals surface area contributed by atoms with E-state index in [4.69, 9.17) is 15.6 Å². The minimum absolute atomic E-state index is 0.0909. The van der Waals surface area contributed by atoms with Crippen molar-refractivity contribution < 1.29 is 19.4 Å². The number of hydrogen-bond donors (Lipinski definition) is 2. The van der Waals surface area contributed by atoms with Gasteiger partial charge in [-0.05, 0) is 24.6 Å². The smallest absolute Gasteiger partial charge is 0.335 e. The fourth-order valence-corrected chi connectivity index (χ4v) is 1.66. The Morgan fingerprint density at radius 3 is 2.63 bits per heavy atom. The van der Waals surface area contributed by atoms with Gasteiger partial charge >= 0.3 is 5.97 Å². The highest BCUT2D eigenvalue weighted by Gasteiger charge is 2.14. The Labute approximate surface area is 111 Å². The van der Waals surface area contributed by atoms with E-state index in [1.165, 1.54) is 23.1 Å². The first-order valence-electron chi connectivity index (χ1n) is 5.85. The molecule has 1 aromatic rings. The summed E-state index contributed by atoms with van der Waals surface area (Å²) in [6.45, 7) is 0.521. The largest absolute Gasteiger partial charge is 0.478 e. The van der Waals surface area contributed by atoms with Gasteiger partial charge in [0.25, 0.3) is 0 Å². The van der Waals surface area contributed by atoms with E-state index in [9.17, 15) is 9.59 Å². The summed E-state index contributed by atoms with van der Waals surface area (Å²) in [7, 11) is 3.19. The highest BCUT2D eigenvalue weighted by atomic mass is 16.5. The van der Waals surface area contributed by atoms with Gasteiger partial charge in [-0.15, -0.1) is 0 Å². The Morgan fingerprint density at radius 1 is 1.42 bits per heavy atom. The fourth-order valence-electron chi connectivity index (χ4n) is 1.66. The normalized spacial score (nSPS) is 10.2. The number of carbonyl (C=O) groups is 2. The van der Waals surface area contributed by atoms with E-state index >= 15 is 0 Å². The molecule has 0 heterocycles. The first-order valence-corrected chi connectivity index (χ1v) is 5.85. The Hall–Kier alpha value is -2.08. The zero-order valence-corrected chi connectivity index (χ0v) is 11.0. The van der Waals surface area contributed by atoms with E-state index < -0.39 is 5.97 Å². The van der Waals surface area contributed by atoms with Crippen LogP contribution in [0.3, 0.4) is 0 Å². The average molecular weight is 266 g/mol. The number of benzene rings is 1. The maximum absolute atomic E-state index is 11.9. The van der Waals surface area contributed by atoms with Gasteiger partial charge in [-0.2, -0.15) is 0 Å². The molecule has 1 amide bonds.